The second-order valence-corrected chi connectivity index (χ2v) is 6.63. The molecule has 1 saturated carbocycles. The van der Waals surface area contributed by atoms with E-state index in [1.54, 1.807) is 18.0 Å². The molecule has 136 valence electrons. The van der Waals surface area contributed by atoms with E-state index < -0.39 is 0 Å². The number of hydrogen-bond donors (Lipinski definition) is 2. The number of hydrogen-bond acceptors (Lipinski definition) is 3. The van der Waals surface area contributed by atoms with E-state index in [0.717, 1.165) is 31.2 Å². The minimum absolute atomic E-state index is 0.0283. The average molecular weight is 345 g/mol. The fourth-order valence-corrected chi connectivity index (χ4v) is 3.02. The molecule has 25 heavy (non-hydrogen) atoms. The first kappa shape index (κ1) is 19.0. The number of nitrogens with zero attached hydrogens (tertiary/aromatic N) is 1. The van der Waals surface area contributed by atoms with Crippen molar-refractivity contribution in [1.29, 1.82) is 0 Å². The molecule has 6 heteroatoms. The van der Waals surface area contributed by atoms with Gasteiger partial charge in [0.15, 0.2) is 0 Å². The molecule has 1 aliphatic rings. The Labute approximate surface area is 149 Å². The second-order valence-electron chi connectivity index (χ2n) is 6.63. The quantitative estimate of drug-likeness (QED) is 0.830. The Morgan fingerprint density at radius 2 is 1.80 bits per heavy atom. The van der Waals surface area contributed by atoms with Crippen LogP contribution in [0.1, 0.15) is 44.6 Å². The number of para-hydroxylation sites is 1. The monoisotopic (exact) mass is 345 g/mol. The van der Waals surface area contributed by atoms with E-state index >= 15 is 0 Å². The summed E-state index contributed by atoms with van der Waals surface area (Å²) in [7, 11) is 1.71. The van der Waals surface area contributed by atoms with Gasteiger partial charge in [0, 0.05) is 32.1 Å². The van der Waals surface area contributed by atoms with Gasteiger partial charge >= 0.3 is 0 Å². The predicted octanol–water partition coefficient (Wildman–Crippen LogP) is 2.30. The van der Waals surface area contributed by atoms with Gasteiger partial charge in [0.1, 0.15) is 0 Å². The molecule has 0 bridgehead atoms. The summed E-state index contributed by atoms with van der Waals surface area (Å²) in [4.78, 5) is 37.3. The first-order valence-corrected chi connectivity index (χ1v) is 8.84. The van der Waals surface area contributed by atoms with Crippen LogP contribution >= 0.6 is 0 Å². The molecule has 1 aromatic carbocycles. The van der Waals surface area contributed by atoms with Gasteiger partial charge < -0.3 is 15.5 Å². The number of benzene rings is 1. The summed E-state index contributed by atoms with van der Waals surface area (Å²) in [5.41, 5.74) is 1.51. The van der Waals surface area contributed by atoms with Gasteiger partial charge in [-0.2, -0.15) is 0 Å². The summed E-state index contributed by atoms with van der Waals surface area (Å²) < 4.78 is 0. The maximum absolute atomic E-state index is 12.2. The van der Waals surface area contributed by atoms with Crippen LogP contribution in [0.15, 0.2) is 24.3 Å². The molecule has 0 radical (unpaired) electrons. The third kappa shape index (κ3) is 5.89. The molecular weight excluding hydrogens is 318 g/mol. The zero-order valence-corrected chi connectivity index (χ0v) is 15.0. The van der Waals surface area contributed by atoms with E-state index in [0.29, 0.717) is 12.2 Å². The fraction of sp³-hybridized carbons (Fsp3) is 0.526. The van der Waals surface area contributed by atoms with Crippen molar-refractivity contribution in [1.82, 2.24) is 10.2 Å². The van der Waals surface area contributed by atoms with Crippen molar-refractivity contribution < 1.29 is 14.4 Å². The molecule has 3 amide bonds. The zero-order chi connectivity index (χ0) is 18.2. The van der Waals surface area contributed by atoms with E-state index in [1.807, 2.05) is 18.2 Å². The Bertz CT molecular complexity index is 624. The Kier molecular flexibility index (Phi) is 6.98. The normalized spacial score (nSPS) is 14.6. The molecule has 1 aliphatic carbocycles. The Morgan fingerprint density at radius 3 is 2.48 bits per heavy atom. The van der Waals surface area contributed by atoms with Crippen molar-refractivity contribution in [3.8, 4) is 0 Å². The first-order valence-electron chi connectivity index (χ1n) is 8.84. The topological polar surface area (TPSA) is 78.5 Å². The van der Waals surface area contributed by atoms with Crippen LogP contribution in [-0.2, 0) is 20.9 Å². The summed E-state index contributed by atoms with van der Waals surface area (Å²) in [5.74, 6) is -0.291. The molecule has 0 aliphatic heterocycles. The molecule has 2 N–H and O–H groups in total. The van der Waals surface area contributed by atoms with Crippen molar-refractivity contribution in [2.75, 3.05) is 18.9 Å². The lowest BCUT2D eigenvalue weighted by atomic mass is 9.89. The molecule has 1 fully saturated rings. The minimum atomic E-state index is -0.262. The summed E-state index contributed by atoms with van der Waals surface area (Å²) in [6.07, 6.45) is 5.18. The molecule has 0 aromatic heterocycles. The summed E-state index contributed by atoms with van der Waals surface area (Å²) in [5, 5.41) is 5.56. The van der Waals surface area contributed by atoms with E-state index in [-0.39, 0.29) is 30.2 Å². The summed E-state index contributed by atoms with van der Waals surface area (Å²) in [6, 6.07) is 7.36. The molecule has 2 rings (SSSR count). The number of carbonyl (C=O) groups is 3. The van der Waals surface area contributed by atoms with Crippen LogP contribution in [0.2, 0.25) is 0 Å². The molecule has 0 saturated heterocycles. The van der Waals surface area contributed by atoms with Crippen molar-refractivity contribution >= 4 is 23.4 Å². The van der Waals surface area contributed by atoms with Crippen LogP contribution in [0.4, 0.5) is 5.69 Å². The average Bonchev–Trinajstić information content (AvgIpc) is 2.62. The number of carbonyl (C=O) groups excluding carboxylic acids is 3. The molecule has 0 atom stereocenters. The van der Waals surface area contributed by atoms with E-state index in [9.17, 15) is 14.4 Å². The highest BCUT2D eigenvalue weighted by atomic mass is 16.2. The van der Waals surface area contributed by atoms with Gasteiger partial charge in [-0.25, -0.2) is 0 Å². The summed E-state index contributed by atoms with van der Waals surface area (Å²) in [6.45, 7) is 1.88. The minimum Gasteiger partial charge on any atom is -0.347 e. The second kappa shape index (κ2) is 9.20. The molecular formula is C19H27N3O3. The SMILES string of the molecule is CC(=O)N(C)Cc1ccccc1NC(=O)CNC(=O)C1CCCCC1. The highest BCUT2D eigenvalue weighted by Crippen LogP contribution is 2.23. The maximum Gasteiger partial charge on any atom is 0.243 e. The van der Waals surface area contributed by atoms with Crippen LogP contribution in [-0.4, -0.2) is 36.2 Å². The molecule has 0 unspecified atom stereocenters. The lowest BCUT2D eigenvalue weighted by Crippen LogP contribution is -2.37. The predicted molar refractivity (Wildman–Crippen MR) is 96.8 cm³/mol. The summed E-state index contributed by atoms with van der Waals surface area (Å²) >= 11 is 0. The van der Waals surface area contributed by atoms with Crippen molar-refractivity contribution in [3.63, 3.8) is 0 Å². The van der Waals surface area contributed by atoms with Crippen LogP contribution in [0.3, 0.4) is 0 Å². The van der Waals surface area contributed by atoms with Gasteiger partial charge in [0.05, 0.1) is 6.54 Å². The van der Waals surface area contributed by atoms with Crippen molar-refractivity contribution in [2.24, 2.45) is 5.92 Å². The van der Waals surface area contributed by atoms with Crippen molar-refractivity contribution in [3.05, 3.63) is 29.8 Å². The fourth-order valence-electron chi connectivity index (χ4n) is 3.02. The van der Waals surface area contributed by atoms with E-state index in [2.05, 4.69) is 10.6 Å². The number of amides is 3. The van der Waals surface area contributed by atoms with Crippen molar-refractivity contribution in [2.45, 2.75) is 45.6 Å². The molecule has 1 aromatic rings. The lowest BCUT2D eigenvalue weighted by molar-refractivity contribution is -0.128. The molecule has 6 nitrogen and oxygen atoms in total. The van der Waals surface area contributed by atoms with Gasteiger partial charge in [-0.1, -0.05) is 37.5 Å². The molecule has 0 heterocycles. The van der Waals surface area contributed by atoms with Crippen LogP contribution in [0, 0.1) is 5.92 Å². The maximum atomic E-state index is 12.2. The van der Waals surface area contributed by atoms with Crippen LogP contribution in [0.25, 0.3) is 0 Å². The van der Waals surface area contributed by atoms with Gasteiger partial charge in [0.2, 0.25) is 17.7 Å². The third-order valence-corrected chi connectivity index (χ3v) is 4.64. The first-order chi connectivity index (χ1) is 12.0. The van der Waals surface area contributed by atoms with Crippen LogP contribution < -0.4 is 10.6 Å². The number of nitrogens with one attached hydrogen (secondary N) is 2. The van der Waals surface area contributed by atoms with Gasteiger partial charge in [-0.15, -0.1) is 0 Å². The van der Waals surface area contributed by atoms with Crippen LogP contribution in [0.5, 0.6) is 0 Å². The third-order valence-electron chi connectivity index (χ3n) is 4.64. The Balaban J connectivity index is 1.87. The Morgan fingerprint density at radius 1 is 1.12 bits per heavy atom. The number of rotatable bonds is 6. The van der Waals surface area contributed by atoms with Gasteiger partial charge in [-0.05, 0) is 24.5 Å². The van der Waals surface area contributed by atoms with Gasteiger partial charge in [0.25, 0.3) is 0 Å². The number of anilines is 1. The van der Waals surface area contributed by atoms with Gasteiger partial charge in [-0.3, -0.25) is 14.4 Å². The molecule has 0 spiro atoms. The van der Waals surface area contributed by atoms with E-state index in [4.69, 9.17) is 0 Å². The lowest BCUT2D eigenvalue weighted by Gasteiger charge is -2.21. The smallest absolute Gasteiger partial charge is 0.243 e. The largest absolute Gasteiger partial charge is 0.347 e. The Hall–Kier alpha value is -2.37. The zero-order valence-electron chi connectivity index (χ0n) is 15.0. The standard InChI is InChI=1S/C19H27N3O3/c1-14(23)22(2)13-16-10-6-7-11-17(16)21-18(24)12-20-19(25)15-8-4-3-5-9-15/h6-7,10-11,15H,3-5,8-9,12-13H2,1-2H3,(H,20,25)(H,21,24). The van der Waals surface area contributed by atoms with E-state index in [1.165, 1.54) is 13.3 Å². The highest BCUT2D eigenvalue weighted by Gasteiger charge is 2.21. The highest BCUT2D eigenvalue weighted by molar-refractivity contribution is 5.95.